The summed E-state index contributed by atoms with van der Waals surface area (Å²) in [4.78, 5) is 20.0. The number of aromatic amines is 1. The van der Waals surface area contributed by atoms with Gasteiger partial charge in [0, 0.05) is 10.4 Å². The predicted molar refractivity (Wildman–Crippen MR) is 130 cm³/mol. The molecule has 5 aromatic rings. The number of hydrogen-bond acceptors (Lipinski definition) is 5. The van der Waals surface area contributed by atoms with Crippen LogP contribution in [0.15, 0.2) is 88.2 Å². The molecular weight excluding hydrogens is 458 g/mol. The van der Waals surface area contributed by atoms with E-state index < -0.39 is 5.91 Å². The number of H-pyrrole nitrogens is 1. The summed E-state index contributed by atoms with van der Waals surface area (Å²) in [6.07, 6.45) is 0. The lowest BCUT2D eigenvalue weighted by Crippen LogP contribution is -2.03. The predicted octanol–water partition coefficient (Wildman–Crippen LogP) is 6.33. The second kappa shape index (κ2) is 9.09. The van der Waals surface area contributed by atoms with Gasteiger partial charge >= 0.3 is 0 Å². The van der Waals surface area contributed by atoms with Crippen molar-refractivity contribution in [1.82, 2.24) is 14.5 Å². The van der Waals surface area contributed by atoms with Crippen LogP contribution in [0.5, 0.6) is 5.88 Å². The standard InChI is InChI=1S/C24H18ClN5O2S/c25-16-11-9-15(10-12-16)13-30-20-8-4-3-7-19(20)27-24(30)33-14-21(31)28-29-22-17-5-1-2-6-18(17)26-23(22)32/h1-12,26,32H,13-14H2. The lowest BCUT2D eigenvalue weighted by atomic mass is 10.2. The average molecular weight is 476 g/mol. The fourth-order valence-corrected chi connectivity index (χ4v) is 4.48. The molecule has 164 valence electrons. The molecule has 2 N–H and O–H groups in total. The summed E-state index contributed by atoms with van der Waals surface area (Å²) in [5, 5.41) is 20.0. The number of aromatic nitrogens is 3. The van der Waals surface area contributed by atoms with Crippen LogP contribution in [0.3, 0.4) is 0 Å². The zero-order valence-corrected chi connectivity index (χ0v) is 18.8. The molecule has 33 heavy (non-hydrogen) atoms. The largest absolute Gasteiger partial charge is 0.493 e. The molecule has 0 radical (unpaired) electrons. The molecule has 0 fully saturated rings. The maximum atomic E-state index is 12.5. The summed E-state index contributed by atoms with van der Waals surface area (Å²) in [5.74, 6) is -0.476. The second-order valence-electron chi connectivity index (χ2n) is 7.35. The summed E-state index contributed by atoms with van der Waals surface area (Å²) in [6, 6.07) is 22.8. The van der Waals surface area contributed by atoms with Crippen LogP contribution in [0.4, 0.5) is 5.69 Å². The average Bonchev–Trinajstić information content (AvgIpc) is 3.34. The monoisotopic (exact) mass is 475 g/mol. The van der Waals surface area contributed by atoms with Crippen molar-refractivity contribution in [2.24, 2.45) is 10.2 Å². The van der Waals surface area contributed by atoms with Crippen LogP contribution in [0.2, 0.25) is 5.02 Å². The van der Waals surface area contributed by atoms with Crippen molar-refractivity contribution in [2.75, 3.05) is 5.75 Å². The summed E-state index contributed by atoms with van der Waals surface area (Å²) in [5.41, 5.74) is 3.88. The third-order valence-electron chi connectivity index (χ3n) is 5.12. The third-order valence-corrected chi connectivity index (χ3v) is 6.33. The van der Waals surface area contributed by atoms with Crippen molar-refractivity contribution in [1.29, 1.82) is 0 Å². The molecule has 0 atom stereocenters. The normalized spacial score (nSPS) is 11.7. The number of rotatable bonds is 6. The number of thioether (sulfide) groups is 1. The fourth-order valence-electron chi connectivity index (χ4n) is 3.56. The van der Waals surface area contributed by atoms with Gasteiger partial charge in [-0.3, -0.25) is 4.79 Å². The van der Waals surface area contributed by atoms with Crippen LogP contribution in [-0.2, 0) is 11.3 Å². The molecule has 0 aliphatic heterocycles. The number of para-hydroxylation sites is 3. The molecule has 2 heterocycles. The van der Waals surface area contributed by atoms with E-state index in [1.165, 1.54) is 11.8 Å². The van der Waals surface area contributed by atoms with Gasteiger partial charge in [-0.25, -0.2) is 4.98 Å². The van der Waals surface area contributed by atoms with Crippen LogP contribution in [0, 0.1) is 0 Å². The molecule has 2 aromatic heterocycles. The Kier molecular flexibility index (Phi) is 5.85. The minimum Gasteiger partial charge on any atom is -0.493 e. The van der Waals surface area contributed by atoms with Gasteiger partial charge in [0.15, 0.2) is 10.8 Å². The summed E-state index contributed by atoms with van der Waals surface area (Å²) < 4.78 is 2.07. The molecule has 0 aliphatic rings. The number of fused-ring (bicyclic) bond motifs is 2. The minimum absolute atomic E-state index is 0.0660. The first-order valence-corrected chi connectivity index (χ1v) is 11.5. The molecule has 3 aromatic carbocycles. The zero-order valence-electron chi connectivity index (χ0n) is 17.3. The van der Waals surface area contributed by atoms with Crippen LogP contribution < -0.4 is 0 Å². The van der Waals surface area contributed by atoms with E-state index in [0.717, 1.165) is 22.1 Å². The van der Waals surface area contributed by atoms with Gasteiger partial charge in [0.2, 0.25) is 5.88 Å². The molecule has 0 unspecified atom stereocenters. The summed E-state index contributed by atoms with van der Waals surface area (Å²) in [7, 11) is 0. The van der Waals surface area contributed by atoms with Crippen LogP contribution in [-0.4, -0.2) is 31.3 Å². The van der Waals surface area contributed by atoms with Crippen LogP contribution >= 0.6 is 23.4 Å². The first-order valence-electron chi connectivity index (χ1n) is 10.2. The van der Waals surface area contributed by atoms with E-state index >= 15 is 0 Å². The van der Waals surface area contributed by atoms with Gasteiger partial charge in [-0.05, 0) is 35.9 Å². The Morgan fingerprint density at radius 2 is 1.82 bits per heavy atom. The van der Waals surface area contributed by atoms with Crippen molar-refractivity contribution >= 4 is 56.9 Å². The molecule has 1 amide bonds. The van der Waals surface area contributed by atoms with Gasteiger partial charge in [-0.1, -0.05) is 65.8 Å². The van der Waals surface area contributed by atoms with Gasteiger partial charge in [-0.15, -0.1) is 10.2 Å². The number of carbonyl (C=O) groups is 1. The fraction of sp³-hybridized carbons (Fsp3) is 0.0833. The second-order valence-corrected chi connectivity index (χ2v) is 8.72. The van der Waals surface area contributed by atoms with Gasteiger partial charge in [0.05, 0.1) is 28.8 Å². The van der Waals surface area contributed by atoms with Gasteiger partial charge in [-0.2, -0.15) is 0 Å². The first kappa shape index (κ1) is 21.2. The summed E-state index contributed by atoms with van der Waals surface area (Å²) in [6.45, 7) is 0.596. The maximum Gasteiger partial charge on any atom is 0.275 e. The van der Waals surface area contributed by atoms with Crippen molar-refractivity contribution in [3.63, 3.8) is 0 Å². The number of azo groups is 1. The Labute approximate surface area is 198 Å². The highest BCUT2D eigenvalue weighted by molar-refractivity contribution is 7.99. The highest BCUT2D eigenvalue weighted by atomic mass is 35.5. The number of aromatic hydroxyl groups is 1. The number of benzene rings is 3. The SMILES string of the molecule is O=C(CSc1nc2ccccc2n1Cc1ccc(Cl)cc1)N=Nc1c(O)[nH]c2ccccc12. The molecule has 9 heteroatoms. The van der Waals surface area contributed by atoms with Crippen molar-refractivity contribution < 1.29 is 9.90 Å². The van der Waals surface area contributed by atoms with Crippen LogP contribution in [0.25, 0.3) is 21.9 Å². The lowest BCUT2D eigenvalue weighted by molar-refractivity contribution is -0.115. The van der Waals surface area contributed by atoms with Crippen molar-refractivity contribution in [3.8, 4) is 5.88 Å². The molecule has 0 spiro atoms. The van der Waals surface area contributed by atoms with Gasteiger partial charge < -0.3 is 14.7 Å². The van der Waals surface area contributed by atoms with Crippen molar-refractivity contribution in [2.45, 2.75) is 11.7 Å². The van der Waals surface area contributed by atoms with E-state index in [1.807, 2.05) is 66.7 Å². The molecule has 0 bridgehead atoms. The summed E-state index contributed by atoms with van der Waals surface area (Å²) >= 11 is 7.32. The number of nitrogens with zero attached hydrogens (tertiary/aromatic N) is 4. The molecular formula is C24H18ClN5O2S. The van der Waals surface area contributed by atoms with Crippen molar-refractivity contribution in [3.05, 3.63) is 83.4 Å². The topological polar surface area (TPSA) is 95.6 Å². The Morgan fingerprint density at radius 1 is 1.06 bits per heavy atom. The first-order chi connectivity index (χ1) is 16.1. The number of halogens is 1. The van der Waals surface area contributed by atoms with E-state index in [1.54, 1.807) is 6.07 Å². The van der Waals surface area contributed by atoms with E-state index in [2.05, 4.69) is 19.8 Å². The highest BCUT2D eigenvalue weighted by Gasteiger charge is 2.14. The van der Waals surface area contributed by atoms with E-state index in [4.69, 9.17) is 16.6 Å². The van der Waals surface area contributed by atoms with Crippen LogP contribution in [0.1, 0.15) is 5.56 Å². The molecule has 0 aliphatic carbocycles. The van der Waals surface area contributed by atoms with E-state index in [-0.39, 0.29) is 17.3 Å². The molecule has 5 rings (SSSR count). The van der Waals surface area contributed by atoms with E-state index in [9.17, 15) is 9.90 Å². The maximum absolute atomic E-state index is 12.5. The Hall–Kier alpha value is -3.62. The number of nitrogens with one attached hydrogen (secondary N) is 1. The number of hydrogen-bond donors (Lipinski definition) is 2. The Morgan fingerprint density at radius 3 is 2.67 bits per heavy atom. The van der Waals surface area contributed by atoms with E-state index in [0.29, 0.717) is 22.1 Å². The van der Waals surface area contributed by atoms with Gasteiger partial charge in [0.1, 0.15) is 0 Å². The highest BCUT2D eigenvalue weighted by Crippen LogP contribution is 2.35. The molecule has 0 saturated heterocycles. The quantitative estimate of drug-likeness (QED) is 0.221. The zero-order chi connectivity index (χ0) is 22.8. The van der Waals surface area contributed by atoms with Gasteiger partial charge in [0.25, 0.3) is 5.91 Å². The Bertz CT molecular complexity index is 1490. The third kappa shape index (κ3) is 4.48. The molecule has 7 nitrogen and oxygen atoms in total. The number of amides is 1. The molecule has 0 saturated carbocycles. The number of carbonyl (C=O) groups excluding carboxylic acids is 1. The Balaban J connectivity index is 1.35. The number of imidazole rings is 1. The minimum atomic E-state index is -0.421. The smallest absolute Gasteiger partial charge is 0.275 e. The lowest BCUT2D eigenvalue weighted by Gasteiger charge is -2.08.